The minimum atomic E-state index is 0.376. The van der Waals surface area contributed by atoms with Crippen LogP contribution in [0.2, 0.25) is 0 Å². The van der Waals surface area contributed by atoms with Crippen molar-refractivity contribution in [3.05, 3.63) is 39.8 Å². The molecule has 0 spiro atoms. The van der Waals surface area contributed by atoms with Gasteiger partial charge >= 0.3 is 0 Å². The summed E-state index contributed by atoms with van der Waals surface area (Å²) in [7, 11) is 0. The minimum Gasteiger partial charge on any atom is -0.309 e. The molecule has 0 aliphatic carbocycles. The number of hydrogen-bond donors (Lipinski definition) is 1. The molecule has 116 valence electrons. The van der Waals surface area contributed by atoms with Crippen molar-refractivity contribution in [2.75, 3.05) is 6.54 Å². The molecule has 2 unspecified atom stereocenters. The maximum Gasteiger partial charge on any atom is 0.0644 e. The average molecular weight is 305 g/mol. The Balaban J connectivity index is 2.10. The Bertz CT molecular complexity index is 544. The molecule has 2 heterocycles. The van der Waals surface area contributed by atoms with Crippen LogP contribution in [0, 0.1) is 0 Å². The molecule has 0 amide bonds. The van der Waals surface area contributed by atoms with Crippen molar-refractivity contribution in [2.24, 2.45) is 0 Å². The third-order valence-corrected chi connectivity index (χ3v) is 5.29. The van der Waals surface area contributed by atoms with Crippen LogP contribution in [-0.4, -0.2) is 16.3 Å². The van der Waals surface area contributed by atoms with Gasteiger partial charge in [-0.15, -0.1) is 11.3 Å². The lowest BCUT2D eigenvalue weighted by Gasteiger charge is -2.15. The Hall–Kier alpha value is -1.13. The second-order valence-corrected chi connectivity index (χ2v) is 6.72. The van der Waals surface area contributed by atoms with E-state index in [0.29, 0.717) is 12.1 Å². The molecule has 3 nitrogen and oxygen atoms in total. The zero-order valence-corrected chi connectivity index (χ0v) is 14.4. The molecule has 1 N–H and O–H groups in total. The van der Waals surface area contributed by atoms with Gasteiger partial charge in [0.05, 0.1) is 5.69 Å². The minimum absolute atomic E-state index is 0.376. The average Bonchev–Trinajstić information content (AvgIpc) is 3.15. The highest BCUT2D eigenvalue weighted by Gasteiger charge is 2.15. The Labute approximate surface area is 132 Å². The maximum atomic E-state index is 4.74. The zero-order valence-electron chi connectivity index (χ0n) is 13.6. The summed E-state index contributed by atoms with van der Waals surface area (Å²) in [5.74, 6) is 0. The molecule has 0 fully saturated rings. The number of likely N-dealkylation sites (N-methyl/N-ethyl adjacent to an activating group) is 1. The molecule has 0 saturated heterocycles. The summed E-state index contributed by atoms with van der Waals surface area (Å²) in [6, 6.07) is 7.53. The third-order valence-electron chi connectivity index (χ3n) is 3.94. The highest BCUT2D eigenvalue weighted by Crippen LogP contribution is 2.26. The van der Waals surface area contributed by atoms with Crippen LogP contribution in [0.3, 0.4) is 0 Å². The molecular formula is C17H27N3S. The quantitative estimate of drug-likeness (QED) is 0.785. The number of nitrogens with zero attached hydrogens (tertiary/aromatic N) is 2. The number of rotatable bonds is 8. The van der Waals surface area contributed by atoms with Crippen molar-refractivity contribution in [3.8, 4) is 0 Å². The molecule has 0 aromatic carbocycles. The van der Waals surface area contributed by atoms with E-state index in [-0.39, 0.29) is 0 Å². The summed E-state index contributed by atoms with van der Waals surface area (Å²) in [5, 5.41) is 8.34. The van der Waals surface area contributed by atoms with Crippen LogP contribution in [-0.2, 0) is 12.8 Å². The summed E-state index contributed by atoms with van der Waals surface area (Å²) in [5.41, 5.74) is 1.17. The van der Waals surface area contributed by atoms with E-state index in [4.69, 9.17) is 5.10 Å². The molecule has 2 atom stereocenters. The Morgan fingerprint density at radius 3 is 2.67 bits per heavy atom. The van der Waals surface area contributed by atoms with Crippen molar-refractivity contribution in [2.45, 2.75) is 59.0 Å². The summed E-state index contributed by atoms with van der Waals surface area (Å²) >= 11 is 1.92. The summed E-state index contributed by atoms with van der Waals surface area (Å²) < 4.78 is 2.09. The molecule has 0 aliphatic rings. The number of hydrogen-bond acceptors (Lipinski definition) is 3. The third kappa shape index (κ3) is 4.17. The van der Waals surface area contributed by atoms with Crippen molar-refractivity contribution < 1.29 is 0 Å². The van der Waals surface area contributed by atoms with Crippen molar-refractivity contribution in [1.29, 1.82) is 0 Å². The molecule has 2 aromatic rings. The van der Waals surface area contributed by atoms with E-state index in [1.54, 1.807) is 0 Å². The van der Waals surface area contributed by atoms with E-state index in [9.17, 15) is 0 Å². The van der Waals surface area contributed by atoms with Gasteiger partial charge in [-0.3, -0.25) is 4.68 Å². The van der Waals surface area contributed by atoms with Gasteiger partial charge in [0.1, 0.15) is 0 Å². The fourth-order valence-corrected chi connectivity index (χ4v) is 3.45. The van der Waals surface area contributed by atoms with Crippen molar-refractivity contribution >= 4 is 11.3 Å². The van der Waals surface area contributed by atoms with Gasteiger partial charge < -0.3 is 5.32 Å². The predicted octanol–water partition coefficient (Wildman–Crippen LogP) is 4.37. The monoisotopic (exact) mass is 305 g/mol. The molecule has 0 radical (unpaired) electrons. The van der Waals surface area contributed by atoms with E-state index >= 15 is 0 Å². The molecule has 0 bridgehead atoms. The molecule has 4 heteroatoms. The van der Waals surface area contributed by atoms with Crippen LogP contribution in [0.1, 0.15) is 61.6 Å². The molecule has 0 aliphatic heterocycles. The SMILES string of the molecule is CCNC(Cc1ccn(C(C)CC)n1)c1ccc(CC)s1. The van der Waals surface area contributed by atoms with Gasteiger partial charge in [0, 0.05) is 34.5 Å². The molecule has 2 rings (SSSR count). The summed E-state index contributed by atoms with van der Waals surface area (Å²) in [4.78, 5) is 2.88. The number of nitrogens with one attached hydrogen (secondary N) is 1. The van der Waals surface area contributed by atoms with E-state index in [1.807, 2.05) is 11.3 Å². The standard InChI is InChI=1S/C17H27N3S/c1-5-13(4)20-11-10-14(19-20)12-16(18-7-3)17-9-8-15(6-2)21-17/h8-11,13,16,18H,5-7,12H2,1-4H3. The van der Waals surface area contributed by atoms with Gasteiger partial charge in [0.15, 0.2) is 0 Å². The number of thiophene rings is 1. The van der Waals surface area contributed by atoms with Gasteiger partial charge in [-0.1, -0.05) is 20.8 Å². The van der Waals surface area contributed by atoms with E-state index in [1.165, 1.54) is 15.4 Å². The van der Waals surface area contributed by atoms with Gasteiger partial charge in [-0.25, -0.2) is 0 Å². The van der Waals surface area contributed by atoms with Crippen LogP contribution < -0.4 is 5.32 Å². The Morgan fingerprint density at radius 2 is 2.05 bits per heavy atom. The molecular weight excluding hydrogens is 278 g/mol. The first-order valence-corrected chi connectivity index (χ1v) is 8.85. The fraction of sp³-hybridized carbons (Fsp3) is 0.588. The normalized spacial score (nSPS) is 14.3. The van der Waals surface area contributed by atoms with Crippen molar-refractivity contribution in [3.63, 3.8) is 0 Å². The first-order valence-electron chi connectivity index (χ1n) is 8.03. The molecule has 2 aromatic heterocycles. The van der Waals surface area contributed by atoms with Crippen molar-refractivity contribution in [1.82, 2.24) is 15.1 Å². The van der Waals surface area contributed by atoms with Crippen LogP contribution >= 0.6 is 11.3 Å². The largest absolute Gasteiger partial charge is 0.309 e. The lowest BCUT2D eigenvalue weighted by molar-refractivity contribution is 0.467. The Morgan fingerprint density at radius 1 is 1.24 bits per heavy atom. The molecule has 21 heavy (non-hydrogen) atoms. The first-order chi connectivity index (χ1) is 10.2. The van der Waals surface area contributed by atoms with Crippen LogP contribution in [0.5, 0.6) is 0 Å². The van der Waals surface area contributed by atoms with E-state index < -0.39 is 0 Å². The smallest absolute Gasteiger partial charge is 0.0644 e. The molecule has 0 saturated carbocycles. The van der Waals surface area contributed by atoms with E-state index in [2.05, 4.69) is 62.1 Å². The van der Waals surface area contributed by atoms with Gasteiger partial charge in [-0.2, -0.15) is 5.10 Å². The maximum absolute atomic E-state index is 4.74. The highest BCUT2D eigenvalue weighted by molar-refractivity contribution is 7.12. The van der Waals surface area contributed by atoms with Crippen LogP contribution in [0.25, 0.3) is 0 Å². The predicted molar refractivity (Wildman–Crippen MR) is 91.0 cm³/mol. The topological polar surface area (TPSA) is 29.9 Å². The number of aryl methyl sites for hydroxylation is 1. The van der Waals surface area contributed by atoms with Gasteiger partial charge in [0.2, 0.25) is 0 Å². The highest BCUT2D eigenvalue weighted by atomic mass is 32.1. The van der Waals surface area contributed by atoms with E-state index in [0.717, 1.165) is 25.8 Å². The van der Waals surface area contributed by atoms with Crippen LogP contribution in [0.4, 0.5) is 0 Å². The Kier molecular flexibility index (Phi) is 6.00. The number of aromatic nitrogens is 2. The lowest BCUT2D eigenvalue weighted by atomic mass is 10.1. The van der Waals surface area contributed by atoms with Crippen LogP contribution in [0.15, 0.2) is 24.4 Å². The summed E-state index contributed by atoms with van der Waals surface area (Å²) in [6.45, 7) is 9.78. The fourth-order valence-electron chi connectivity index (χ4n) is 2.42. The first kappa shape index (κ1) is 16.2. The second-order valence-electron chi connectivity index (χ2n) is 5.52. The summed E-state index contributed by atoms with van der Waals surface area (Å²) in [6.07, 6.45) is 5.30. The van der Waals surface area contributed by atoms with Gasteiger partial charge in [-0.05, 0) is 44.5 Å². The zero-order chi connectivity index (χ0) is 15.2. The van der Waals surface area contributed by atoms with Gasteiger partial charge in [0.25, 0.3) is 0 Å². The lowest BCUT2D eigenvalue weighted by Crippen LogP contribution is -2.22. The second kappa shape index (κ2) is 7.76.